The van der Waals surface area contributed by atoms with Crippen molar-refractivity contribution in [3.05, 3.63) is 292 Å². The Balaban J connectivity index is 1.01. The van der Waals surface area contributed by atoms with Gasteiger partial charge in [0.2, 0.25) is 0 Å². The van der Waals surface area contributed by atoms with E-state index in [2.05, 4.69) is 240 Å². The normalized spacial score (nSPS) is 24.1. The SMILES string of the molecule is N#CC(C#N)=C1C2=CCCC=C2C(C2=CCC(N(c3ccccc3)c3ccccc3)C=C2)(c2ccc(N3C4=C(CCC=C4)C4(c5ccccc5)c5c(cccc53)C3C=CC=CC34)cc2)c2ccccc21. The van der Waals surface area contributed by atoms with Gasteiger partial charge in [-0.05, 0) is 136 Å². The molecule has 0 fully saturated rings. The zero-order chi connectivity index (χ0) is 46.8. The second-order valence-electron chi connectivity index (χ2n) is 19.4. The van der Waals surface area contributed by atoms with Crippen LogP contribution in [0.1, 0.15) is 71.4 Å². The molecule has 13 rings (SSSR count). The average Bonchev–Trinajstić information content (AvgIpc) is 3.74. The topological polar surface area (TPSA) is 54.1 Å². The molecule has 0 N–H and O–H groups in total. The molecule has 0 bridgehead atoms. The van der Waals surface area contributed by atoms with Crippen LogP contribution in [0.15, 0.2) is 258 Å². The number of fused-ring (bicyclic) bond motifs is 6. The lowest BCUT2D eigenvalue weighted by Gasteiger charge is -2.49. The zero-order valence-electron chi connectivity index (χ0n) is 38.9. The Bertz CT molecular complexity index is 3440. The first kappa shape index (κ1) is 41.7. The van der Waals surface area contributed by atoms with E-state index in [0.29, 0.717) is 0 Å². The molecule has 6 aromatic carbocycles. The van der Waals surface area contributed by atoms with E-state index in [1.54, 1.807) is 0 Å². The molecule has 7 aliphatic rings. The van der Waals surface area contributed by atoms with Gasteiger partial charge in [-0.1, -0.05) is 176 Å². The van der Waals surface area contributed by atoms with Crippen molar-refractivity contribution in [2.75, 3.05) is 9.80 Å². The molecule has 6 aliphatic carbocycles. The van der Waals surface area contributed by atoms with Crippen molar-refractivity contribution in [1.29, 1.82) is 10.5 Å². The van der Waals surface area contributed by atoms with E-state index in [0.717, 1.165) is 82.6 Å². The Kier molecular flexibility index (Phi) is 9.93. The third-order valence-corrected chi connectivity index (χ3v) is 16.2. The number of rotatable bonds is 7. The van der Waals surface area contributed by atoms with Gasteiger partial charge in [0.15, 0.2) is 0 Å². The second kappa shape index (κ2) is 16.7. The van der Waals surface area contributed by atoms with Crippen LogP contribution in [0.4, 0.5) is 22.7 Å². The Morgan fingerprint density at radius 1 is 0.629 bits per heavy atom. The van der Waals surface area contributed by atoms with E-state index >= 15 is 0 Å². The highest BCUT2D eigenvalue weighted by atomic mass is 15.2. The van der Waals surface area contributed by atoms with Crippen molar-refractivity contribution in [2.45, 2.75) is 54.9 Å². The van der Waals surface area contributed by atoms with Gasteiger partial charge in [0.25, 0.3) is 0 Å². The Labute approximate surface area is 411 Å². The molecule has 5 atom stereocenters. The molecule has 0 saturated carbocycles. The number of hydrogen-bond acceptors (Lipinski definition) is 4. The summed E-state index contributed by atoms with van der Waals surface area (Å²) in [6, 6.07) is 62.3. The monoisotopic (exact) mass is 898 g/mol. The van der Waals surface area contributed by atoms with Crippen molar-refractivity contribution < 1.29 is 0 Å². The summed E-state index contributed by atoms with van der Waals surface area (Å²) in [5, 5.41) is 21.0. The number of nitriles is 2. The first-order chi connectivity index (χ1) is 34.7. The van der Waals surface area contributed by atoms with Crippen LogP contribution >= 0.6 is 0 Å². The van der Waals surface area contributed by atoms with Gasteiger partial charge in [0.05, 0.1) is 22.6 Å². The van der Waals surface area contributed by atoms with Crippen molar-refractivity contribution in [3.8, 4) is 12.1 Å². The number of benzene rings is 6. The fraction of sp³-hybridized carbons (Fsp3) is 0.152. The molecule has 334 valence electrons. The van der Waals surface area contributed by atoms with E-state index in [1.165, 1.54) is 39.2 Å². The van der Waals surface area contributed by atoms with Crippen molar-refractivity contribution >= 4 is 28.3 Å². The van der Waals surface area contributed by atoms with E-state index < -0.39 is 5.41 Å². The van der Waals surface area contributed by atoms with E-state index in [9.17, 15) is 10.5 Å². The fourth-order valence-electron chi connectivity index (χ4n) is 13.6. The molecular weight excluding hydrogens is 849 g/mol. The van der Waals surface area contributed by atoms with Crippen LogP contribution in [0.2, 0.25) is 0 Å². The van der Waals surface area contributed by atoms with Crippen molar-refractivity contribution in [1.82, 2.24) is 0 Å². The van der Waals surface area contributed by atoms with E-state index in [4.69, 9.17) is 0 Å². The molecule has 0 amide bonds. The number of allylic oxidation sites excluding steroid dienone is 15. The molecule has 6 aromatic rings. The second-order valence-corrected chi connectivity index (χ2v) is 19.4. The molecular formula is C66H50N4. The van der Waals surface area contributed by atoms with E-state index in [1.807, 2.05) is 6.07 Å². The van der Waals surface area contributed by atoms with E-state index in [-0.39, 0.29) is 28.9 Å². The highest BCUT2D eigenvalue weighted by molar-refractivity contribution is 5.97. The summed E-state index contributed by atoms with van der Waals surface area (Å²) in [6.45, 7) is 0. The fourth-order valence-corrected chi connectivity index (χ4v) is 13.6. The van der Waals surface area contributed by atoms with Crippen molar-refractivity contribution in [3.63, 3.8) is 0 Å². The van der Waals surface area contributed by atoms with Crippen LogP contribution < -0.4 is 9.80 Å². The molecule has 5 unspecified atom stereocenters. The van der Waals surface area contributed by atoms with Gasteiger partial charge in [-0.15, -0.1) is 0 Å². The number of hydrogen-bond donors (Lipinski definition) is 0. The van der Waals surface area contributed by atoms with Crippen LogP contribution in [0.25, 0.3) is 5.57 Å². The first-order valence-electron chi connectivity index (χ1n) is 24.9. The maximum absolute atomic E-state index is 10.5. The summed E-state index contributed by atoms with van der Waals surface area (Å²) in [5.41, 5.74) is 18.0. The van der Waals surface area contributed by atoms with Gasteiger partial charge < -0.3 is 9.80 Å². The standard InChI is InChI=1S/C66H50N4/c67-43-45(44-68)63-55-26-11-14-30-58(55)65(59-31-15-12-27-56(59)63,47-35-39-51(40-36-47)69(49-21-6-2-7-22-49)50-23-8-3-9-24-50)48-37-41-52(42-38-48)70-61-33-17-16-32-60(61)66(46-19-4-1-5-20-46)57-29-13-10-25-53(57)54-28-18-34-62(70)64(54)66/h1-11,13-14,17-31,33-39,41-42,51,53,57H,12,15-16,32,40H2. The molecule has 1 heterocycles. The molecule has 0 saturated heterocycles. The van der Waals surface area contributed by atoms with Gasteiger partial charge in [0, 0.05) is 40.2 Å². The van der Waals surface area contributed by atoms with Crippen LogP contribution in [-0.4, -0.2) is 6.04 Å². The predicted octanol–water partition coefficient (Wildman–Crippen LogP) is 15.4. The van der Waals surface area contributed by atoms with Gasteiger partial charge in [-0.2, -0.15) is 10.5 Å². The number of anilines is 4. The van der Waals surface area contributed by atoms with Gasteiger partial charge in [0.1, 0.15) is 17.7 Å². The summed E-state index contributed by atoms with van der Waals surface area (Å²) in [7, 11) is 0. The lowest BCUT2D eigenvalue weighted by molar-refractivity contribution is 0.429. The summed E-state index contributed by atoms with van der Waals surface area (Å²) >= 11 is 0. The Morgan fingerprint density at radius 2 is 1.33 bits per heavy atom. The lowest BCUT2D eigenvalue weighted by Crippen LogP contribution is -2.42. The maximum atomic E-state index is 10.5. The summed E-state index contributed by atoms with van der Waals surface area (Å²) in [4.78, 5) is 4.99. The number of nitrogens with zero attached hydrogens (tertiary/aromatic N) is 4. The Morgan fingerprint density at radius 3 is 2.06 bits per heavy atom. The number of para-hydroxylation sites is 2. The molecule has 0 aromatic heterocycles. The smallest absolute Gasteiger partial charge is 0.138 e. The molecule has 0 spiro atoms. The van der Waals surface area contributed by atoms with Crippen LogP contribution in [0.5, 0.6) is 0 Å². The van der Waals surface area contributed by atoms with Crippen molar-refractivity contribution in [2.24, 2.45) is 5.92 Å². The average molecular weight is 899 g/mol. The molecule has 4 heteroatoms. The molecule has 1 aliphatic heterocycles. The Hall–Kier alpha value is -8.44. The highest BCUT2D eigenvalue weighted by Crippen LogP contribution is 2.67. The zero-order valence-corrected chi connectivity index (χ0v) is 38.9. The molecule has 70 heavy (non-hydrogen) atoms. The van der Waals surface area contributed by atoms with Crippen LogP contribution in [0.3, 0.4) is 0 Å². The van der Waals surface area contributed by atoms with Crippen LogP contribution in [-0.2, 0) is 10.8 Å². The third kappa shape index (κ3) is 5.93. The van der Waals surface area contributed by atoms with Gasteiger partial charge >= 0.3 is 0 Å². The quantitative estimate of drug-likeness (QED) is 0.150. The third-order valence-electron chi connectivity index (χ3n) is 16.2. The largest absolute Gasteiger partial charge is 0.334 e. The summed E-state index contributed by atoms with van der Waals surface area (Å²) in [6.07, 6.45) is 30.5. The molecule has 4 nitrogen and oxygen atoms in total. The van der Waals surface area contributed by atoms with Gasteiger partial charge in [-0.3, -0.25) is 0 Å². The minimum absolute atomic E-state index is 0.0666. The minimum Gasteiger partial charge on any atom is -0.334 e. The van der Waals surface area contributed by atoms with Crippen LogP contribution in [0, 0.1) is 28.6 Å². The summed E-state index contributed by atoms with van der Waals surface area (Å²) < 4.78 is 0. The van der Waals surface area contributed by atoms with Gasteiger partial charge in [-0.25, -0.2) is 0 Å². The minimum atomic E-state index is -0.741. The summed E-state index contributed by atoms with van der Waals surface area (Å²) in [5.74, 6) is 0.560. The highest BCUT2D eigenvalue weighted by Gasteiger charge is 2.58. The predicted molar refractivity (Wildman–Crippen MR) is 284 cm³/mol. The molecule has 0 radical (unpaired) electrons. The first-order valence-corrected chi connectivity index (χ1v) is 24.9. The lowest BCUT2D eigenvalue weighted by atomic mass is 9.55. The maximum Gasteiger partial charge on any atom is 0.138 e.